The quantitative estimate of drug-likeness (QED) is 0.594. The lowest BCUT2D eigenvalue weighted by Crippen LogP contribution is -1.91. The Morgan fingerprint density at radius 3 is 2.80 bits per heavy atom. The molecule has 71 valence electrons. The van der Waals surface area contributed by atoms with Crippen molar-refractivity contribution in [3.8, 4) is 5.69 Å². The Morgan fingerprint density at radius 1 is 1.07 bits per heavy atom. The van der Waals surface area contributed by atoms with Gasteiger partial charge in [0.15, 0.2) is 6.33 Å². The predicted octanol–water partition coefficient (Wildman–Crippen LogP) is 2.22. The SMILES string of the molecule is [c]1nc2cnccc2n1-c1ccccc1. The van der Waals surface area contributed by atoms with Crippen molar-refractivity contribution in [1.82, 2.24) is 14.5 Å². The van der Waals surface area contributed by atoms with Gasteiger partial charge in [-0.25, -0.2) is 4.98 Å². The van der Waals surface area contributed by atoms with Crippen LogP contribution in [-0.4, -0.2) is 14.5 Å². The molecule has 0 atom stereocenters. The van der Waals surface area contributed by atoms with E-state index in [0.29, 0.717) is 0 Å². The molecular weight excluding hydrogens is 186 g/mol. The van der Waals surface area contributed by atoms with Crippen LogP contribution in [0.5, 0.6) is 0 Å². The van der Waals surface area contributed by atoms with Crippen LogP contribution in [0.1, 0.15) is 0 Å². The number of nitrogens with zero attached hydrogens (tertiary/aromatic N) is 3. The van der Waals surface area contributed by atoms with Crippen LogP contribution in [0.3, 0.4) is 0 Å². The molecule has 0 amide bonds. The summed E-state index contributed by atoms with van der Waals surface area (Å²) in [5.41, 5.74) is 2.95. The fourth-order valence-corrected chi connectivity index (χ4v) is 1.59. The maximum atomic E-state index is 4.17. The summed E-state index contributed by atoms with van der Waals surface area (Å²) < 4.78 is 1.93. The maximum Gasteiger partial charge on any atom is 0.182 e. The highest BCUT2D eigenvalue weighted by atomic mass is 15.1. The molecule has 0 aliphatic rings. The number of fused-ring (bicyclic) bond motifs is 1. The van der Waals surface area contributed by atoms with E-state index in [-0.39, 0.29) is 0 Å². The van der Waals surface area contributed by atoms with E-state index in [1.807, 2.05) is 41.0 Å². The molecule has 1 aromatic carbocycles. The van der Waals surface area contributed by atoms with Crippen molar-refractivity contribution in [2.75, 3.05) is 0 Å². The van der Waals surface area contributed by atoms with Crippen LogP contribution in [0.2, 0.25) is 0 Å². The van der Waals surface area contributed by atoms with Gasteiger partial charge in [0.1, 0.15) is 5.52 Å². The summed E-state index contributed by atoms with van der Waals surface area (Å²) in [6, 6.07) is 12.0. The van der Waals surface area contributed by atoms with Crippen molar-refractivity contribution in [2.45, 2.75) is 0 Å². The van der Waals surface area contributed by atoms with Gasteiger partial charge in [0.25, 0.3) is 0 Å². The number of hydrogen-bond donors (Lipinski definition) is 0. The monoisotopic (exact) mass is 194 g/mol. The van der Waals surface area contributed by atoms with Gasteiger partial charge >= 0.3 is 0 Å². The predicted molar refractivity (Wildman–Crippen MR) is 57.7 cm³/mol. The van der Waals surface area contributed by atoms with E-state index >= 15 is 0 Å². The van der Waals surface area contributed by atoms with Crippen LogP contribution < -0.4 is 0 Å². The van der Waals surface area contributed by atoms with Crippen LogP contribution in [0.15, 0.2) is 48.8 Å². The molecule has 0 N–H and O–H groups in total. The first-order valence-corrected chi connectivity index (χ1v) is 4.71. The first-order chi connectivity index (χ1) is 7.45. The van der Waals surface area contributed by atoms with E-state index in [2.05, 4.69) is 16.3 Å². The molecule has 3 rings (SSSR count). The molecule has 0 saturated heterocycles. The smallest absolute Gasteiger partial charge is 0.182 e. The Morgan fingerprint density at radius 2 is 1.93 bits per heavy atom. The molecule has 3 heteroatoms. The van der Waals surface area contributed by atoms with E-state index in [4.69, 9.17) is 0 Å². The molecule has 3 nitrogen and oxygen atoms in total. The third-order valence-electron chi connectivity index (χ3n) is 2.30. The Balaban J connectivity index is 2.28. The van der Waals surface area contributed by atoms with Gasteiger partial charge in [-0.05, 0) is 18.2 Å². The molecule has 2 heterocycles. The molecule has 3 aromatic rings. The summed E-state index contributed by atoms with van der Waals surface area (Å²) in [6.45, 7) is 0. The standard InChI is InChI=1S/C12H8N3/c1-2-4-10(5-3-1)15-9-14-11-8-13-7-6-12(11)15/h1-8H. The second-order valence-corrected chi connectivity index (χ2v) is 3.25. The molecule has 2 aromatic heterocycles. The third kappa shape index (κ3) is 1.29. The van der Waals surface area contributed by atoms with Crippen molar-refractivity contribution in [1.29, 1.82) is 0 Å². The molecule has 0 aliphatic heterocycles. The molecule has 0 aliphatic carbocycles. The van der Waals surface area contributed by atoms with Crippen molar-refractivity contribution in [3.05, 3.63) is 55.1 Å². The summed E-state index contributed by atoms with van der Waals surface area (Å²) in [4.78, 5) is 8.19. The molecule has 0 saturated carbocycles. The fraction of sp³-hybridized carbons (Fsp3) is 0. The summed E-state index contributed by atoms with van der Waals surface area (Å²) in [6.07, 6.45) is 6.46. The zero-order chi connectivity index (χ0) is 10.1. The molecule has 1 radical (unpaired) electrons. The minimum atomic E-state index is 0.862. The van der Waals surface area contributed by atoms with Gasteiger partial charge in [-0.3, -0.25) is 9.55 Å². The van der Waals surface area contributed by atoms with Crippen LogP contribution in [-0.2, 0) is 0 Å². The highest BCUT2D eigenvalue weighted by Gasteiger charge is 2.03. The molecule has 0 bridgehead atoms. The number of pyridine rings is 1. The van der Waals surface area contributed by atoms with Gasteiger partial charge < -0.3 is 0 Å². The van der Waals surface area contributed by atoms with Gasteiger partial charge in [-0.15, -0.1) is 0 Å². The Labute approximate surface area is 87.0 Å². The average Bonchev–Trinajstić information content (AvgIpc) is 2.74. The lowest BCUT2D eigenvalue weighted by Gasteiger charge is -2.01. The van der Waals surface area contributed by atoms with Crippen LogP contribution >= 0.6 is 0 Å². The first kappa shape index (κ1) is 8.17. The molecule has 0 unspecified atom stereocenters. The largest absolute Gasteiger partial charge is 0.290 e. The van der Waals surface area contributed by atoms with Crippen LogP contribution in [0.25, 0.3) is 16.7 Å². The Hall–Kier alpha value is -2.16. The van der Waals surface area contributed by atoms with E-state index < -0.39 is 0 Å². The van der Waals surface area contributed by atoms with Gasteiger partial charge in [-0.1, -0.05) is 18.2 Å². The van der Waals surface area contributed by atoms with Gasteiger partial charge in [-0.2, -0.15) is 0 Å². The van der Waals surface area contributed by atoms with Crippen molar-refractivity contribution < 1.29 is 0 Å². The minimum Gasteiger partial charge on any atom is -0.290 e. The Bertz CT molecular complexity index is 584. The van der Waals surface area contributed by atoms with Gasteiger partial charge in [0.2, 0.25) is 0 Å². The number of aromatic nitrogens is 3. The first-order valence-electron chi connectivity index (χ1n) is 4.71. The third-order valence-corrected chi connectivity index (χ3v) is 2.30. The summed E-state index contributed by atoms with van der Waals surface area (Å²) >= 11 is 0. The lowest BCUT2D eigenvalue weighted by atomic mass is 10.3. The molecular formula is C12H8N3. The number of para-hydroxylation sites is 1. The maximum absolute atomic E-state index is 4.17. The normalized spacial score (nSPS) is 10.7. The molecule has 15 heavy (non-hydrogen) atoms. The minimum absolute atomic E-state index is 0.862. The lowest BCUT2D eigenvalue weighted by molar-refractivity contribution is 1.08. The van der Waals surface area contributed by atoms with Gasteiger partial charge in [0.05, 0.1) is 11.7 Å². The highest BCUT2D eigenvalue weighted by Crippen LogP contribution is 2.15. The van der Waals surface area contributed by atoms with Crippen LogP contribution in [0.4, 0.5) is 0 Å². The highest BCUT2D eigenvalue weighted by molar-refractivity contribution is 5.75. The van der Waals surface area contributed by atoms with Crippen molar-refractivity contribution >= 4 is 11.0 Å². The van der Waals surface area contributed by atoms with E-state index in [1.54, 1.807) is 12.4 Å². The van der Waals surface area contributed by atoms with Gasteiger partial charge in [0, 0.05) is 11.9 Å². The van der Waals surface area contributed by atoms with E-state index in [9.17, 15) is 0 Å². The second-order valence-electron chi connectivity index (χ2n) is 3.25. The summed E-state index contributed by atoms with van der Waals surface area (Å²) in [5, 5.41) is 0. The van der Waals surface area contributed by atoms with E-state index in [1.165, 1.54) is 0 Å². The van der Waals surface area contributed by atoms with Crippen molar-refractivity contribution in [3.63, 3.8) is 0 Å². The molecule has 0 spiro atoms. The number of rotatable bonds is 1. The second kappa shape index (κ2) is 3.20. The fourth-order valence-electron chi connectivity index (χ4n) is 1.59. The number of hydrogen-bond acceptors (Lipinski definition) is 2. The van der Waals surface area contributed by atoms with E-state index in [0.717, 1.165) is 16.7 Å². The summed E-state index contributed by atoms with van der Waals surface area (Å²) in [7, 11) is 0. The van der Waals surface area contributed by atoms with Crippen molar-refractivity contribution in [2.24, 2.45) is 0 Å². The number of imidazole rings is 1. The number of benzene rings is 1. The Kier molecular flexibility index (Phi) is 1.75. The van der Waals surface area contributed by atoms with Crippen LogP contribution in [0, 0.1) is 6.33 Å². The topological polar surface area (TPSA) is 30.7 Å². The average molecular weight is 194 g/mol. The summed E-state index contributed by atoms with van der Waals surface area (Å²) in [5.74, 6) is 0. The zero-order valence-corrected chi connectivity index (χ0v) is 7.96. The zero-order valence-electron chi connectivity index (χ0n) is 7.96. The molecule has 0 fully saturated rings.